The first-order chi connectivity index (χ1) is 12.1. The quantitative estimate of drug-likeness (QED) is 0.932. The highest BCUT2D eigenvalue weighted by molar-refractivity contribution is 5.94. The van der Waals surface area contributed by atoms with Gasteiger partial charge in [-0.1, -0.05) is 25.3 Å². The molecular weight excluding hydrogens is 316 g/mol. The van der Waals surface area contributed by atoms with Gasteiger partial charge >= 0.3 is 0 Å². The maximum Gasteiger partial charge on any atom is 0.271 e. The van der Waals surface area contributed by atoms with Crippen LogP contribution in [-0.4, -0.2) is 44.7 Å². The van der Waals surface area contributed by atoms with E-state index in [1.807, 2.05) is 34.4 Å². The van der Waals surface area contributed by atoms with Crippen molar-refractivity contribution in [1.82, 2.24) is 19.6 Å². The summed E-state index contributed by atoms with van der Waals surface area (Å²) in [6, 6.07) is 6.03. The van der Waals surface area contributed by atoms with Gasteiger partial charge in [0.15, 0.2) is 0 Å². The number of amides is 2. The van der Waals surface area contributed by atoms with E-state index in [4.69, 9.17) is 0 Å². The second-order valence-corrected chi connectivity index (χ2v) is 7.23. The second-order valence-electron chi connectivity index (χ2n) is 7.23. The van der Waals surface area contributed by atoms with Crippen molar-refractivity contribution in [3.8, 4) is 0 Å². The normalized spacial score (nSPS) is 21.9. The summed E-state index contributed by atoms with van der Waals surface area (Å²) in [6.07, 6.45) is 8.02. The molecule has 0 spiro atoms. The molecule has 3 heterocycles. The Morgan fingerprint density at radius 2 is 2.04 bits per heavy atom. The predicted octanol–water partition coefficient (Wildman–Crippen LogP) is 2.31. The third-order valence-electron chi connectivity index (χ3n) is 5.44. The standard InChI is InChI=1S/C19H24N4O2/c1-13-6-5-9-17-21-16(12-22(13)17)19(25)20-14-10-18(24)23(11-14)15-7-3-2-4-8-15/h5-6,9,12,14-15H,2-4,7-8,10-11H2,1H3,(H,20,25). The van der Waals surface area contributed by atoms with Crippen LogP contribution in [0.5, 0.6) is 0 Å². The molecule has 2 aromatic rings. The fraction of sp³-hybridized carbons (Fsp3) is 0.526. The fourth-order valence-corrected chi connectivity index (χ4v) is 4.09. The highest BCUT2D eigenvalue weighted by Gasteiger charge is 2.35. The molecule has 0 bridgehead atoms. The van der Waals surface area contributed by atoms with Crippen molar-refractivity contribution in [2.45, 2.75) is 57.5 Å². The van der Waals surface area contributed by atoms with Gasteiger partial charge in [-0.15, -0.1) is 0 Å². The van der Waals surface area contributed by atoms with Gasteiger partial charge in [-0.05, 0) is 31.9 Å². The molecule has 25 heavy (non-hydrogen) atoms. The topological polar surface area (TPSA) is 66.7 Å². The minimum Gasteiger partial charge on any atom is -0.346 e. The molecule has 6 nitrogen and oxygen atoms in total. The van der Waals surface area contributed by atoms with E-state index in [9.17, 15) is 9.59 Å². The van der Waals surface area contributed by atoms with Gasteiger partial charge in [0.05, 0.1) is 6.04 Å². The first-order valence-corrected chi connectivity index (χ1v) is 9.17. The van der Waals surface area contributed by atoms with E-state index >= 15 is 0 Å². The Bertz CT molecular complexity index is 807. The van der Waals surface area contributed by atoms with E-state index in [1.165, 1.54) is 19.3 Å². The summed E-state index contributed by atoms with van der Waals surface area (Å²) >= 11 is 0. The van der Waals surface area contributed by atoms with Crippen molar-refractivity contribution in [3.63, 3.8) is 0 Å². The molecule has 0 aromatic carbocycles. The molecule has 6 heteroatoms. The van der Waals surface area contributed by atoms with Crippen LogP contribution in [0.15, 0.2) is 24.4 Å². The van der Waals surface area contributed by atoms with Gasteiger partial charge in [0, 0.05) is 30.9 Å². The van der Waals surface area contributed by atoms with E-state index in [-0.39, 0.29) is 17.9 Å². The molecule has 2 fully saturated rings. The highest BCUT2D eigenvalue weighted by atomic mass is 16.2. The van der Waals surface area contributed by atoms with Gasteiger partial charge < -0.3 is 14.6 Å². The number of likely N-dealkylation sites (tertiary alicyclic amines) is 1. The van der Waals surface area contributed by atoms with Crippen LogP contribution in [0.1, 0.15) is 54.7 Å². The molecule has 1 aliphatic carbocycles. The van der Waals surface area contributed by atoms with Gasteiger partial charge in [-0.2, -0.15) is 0 Å². The second kappa shape index (κ2) is 6.50. The summed E-state index contributed by atoms with van der Waals surface area (Å²) in [4.78, 5) is 31.3. The van der Waals surface area contributed by atoms with E-state index in [0.717, 1.165) is 24.2 Å². The lowest BCUT2D eigenvalue weighted by Crippen LogP contribution is -2.41. The molecular formula is C19H24N4O2. The molecule has 1 saturated heterocycles. The summed E-state index contributed by atoms with van der Waals surface area (Å²) in [5, 5.41) is 3.00. The van der Waals surface area contributed by atoms with E-state index < -0.39 is 0 Å². The minimum atomic E-state index is -0.202. The monoisotopic (exact) mass is 340 g/mol. The molecule has 0 radical (unpaired) electrons. The third kappa shape index (κ3) is 3.13. The first kappa shape index (κ1) is 16.1. The lowest BCUT2D eigenvalue weighted by Gasteiger charge is -2.31. The van der Waals surface area contributed by atoms with Crippen LogP contribution in [-0.2, 0) is 4.79 Å². The van der Waals surface area contributed by atoms with Gasteiger partial charge in [0.25, 0.3) is 5.91 Å². The SMILES string of the molecule is Cc1cccc2nc(C(=O)NC3CC(=O)N(C4CCCCC4)C3)cn12. The van der Waals surface area contributed by atoms with Gasteiger partial charge in [-0.25, -0.2) is 4.98 Å². The molecule has 1 N–H and O–H groups in total. The van der Waals surface area contributed by atoms with Crippen LogP contribution in [0, 0.1) is 6.92 Å². The van der Waals surface area contributed by atoms with Crippen molar-refractivity contribution in [2.75, 3.05) is 6.54 Å². The maximum absolute atomic E-state index is 12.6. The summed E-state index contributed by atoms with van der Waals surface area (Å²) in [7, 11) is 0. The van der Waals surface area contributed by atoms with Gasteiger partial charge in [0.2, 0.25) is 5.91 Å². The molecule has 2 amide bonds. The van der Waals surface area contributed by atoms with Crippen LogP contribution in [0.3, 0.4) is 0 Å². The van der Waals surface area contributed by atoms with Crippen LogP contribution >= 0.6 is 0 Å². The zero-order valence-electron chi connectivity index (χ0n) is 14.6. The van der Waals surface area contributed by atoms with E-state index in [2.05, 4.69) is 10.3 Å². The maximum atomic E-state index is 12.6. The van der Waals surface area contributed by atoms with Crippen LogP contribution in [0.25, 0.3) is 5.65 Å². The number of carbonyl (C=O) groups excluding carboxylic acids is 2. The number of rotatable bonds is 3. The number of pyridine rings is 1. The average Bonchev–Trinajstić information content (AvgIpc) is 3.20. The number of fused-ring (bicyclic) bond motifs is 1. The zero-order chi connectivity index (χ0) is 17.4. The predicted molar refractivity (Wildman–Crippen MR) is 94.4 cm³/mol. The Kier molecular flexibility index (Phi) is 4.19. The Hall–Kier alpha value is -2.37. The minimum absolute atomic E-state index is 0.118. The number of imidazole rings is 1. The number of hydrogen-bond donors (Lipinski definition) is 1. The molecule has 2 aliphatic rings. The Morgan fingerprint density at radius 3 is 2.80 bits per heavy atom. The lowest BCUT2D eigenvalue weighted by molar-refractivity contribution is -0.130. The van der Waals surface area contributed by atoms with Crippen molar-refractivity contribution in [3.05, 3.63) is 35.8 Å². The van der Waals surface area contributed by atoms with Crippen molar-refractivity contribution in [2.24, 2.45) is 0 Å². The summed E-state index contributed by atoms with van der Waals surface area (Å²) in [5.74, 6) is -0.0329. The molecule has 1 atom stereocenters. The first-order valence-electron chi connectivity index (χ1n) is 9.17. The Balaban J connectivity index is 1.43. The Morgan fingerprint density at radius 1 is 1.24 bits per heavy atom. The summed E-state index contributed by atoms with van der Waals surface area (Å²) < 4.78 is 1.91. The van der Waals surface area contributed by atoms with E-state index in [1.54, 1.807) is 6.20 Å². The molecule has 132 valence electrons. The van der Waals surface area contributed by atoms with Crippen molar-refractivity contribution >= 4 is 17.5 Å². The summed E-state index contributed by atoms with van der Waals surface area (Å²) in [5.41, 5.74) is 2.19. The largest absolute Gasteiger partial charge is 0.346 e. The highest BCUT2D eigenvalue weighted by Crippen LogP contribution is 2.26. The van der Waals surface area contributed by atoms with E-state index in [0.29, 0.717) is 24.7 Å². The molecule has 1 aliphatic heterocycles. The molecule has 2 aromatic heterocycles. The smallest absolute Gasteiger partial charge is 0.271 e. The number of aromatic nitrogens is 2. The van der Waals surface area contributed by atoms with Crippen LogP contribution in [0.4, 0.5) is 0 Å². The number of aryl methyl sites for hydroxylation is 1. The number of hydrogen-bond acceptors (Lipinski definition) is 3. The zero-order valence-corrected chi connectivity index (χ0v) is 14.6. The van der Waals surface area contributed by atoms with Gasteiger partial charge in [-0.3, -0.25) is 9.59 Å². The van der Waals surface area contributed by atoms with Gasteiger partial charge in [0.1, 0.15) is 11.3 Å². The number of nitrogens with zero attached hydrogens (tertiary/aromatic N) is 3. The van der Waals surface area contributed by atoms with Crippen LogP contribution < -0.4 is 5.32 Å². The average molecular weight is 340 g/mol. The molecule has 1 unspecified atom stereocenters. The summed E-state index contributed by atoms with van der Waals surface area (Å²) in [6.45, 7) is 2.61. The number of carbonyl (C=O) groups is 2. The van der Waals surface area contributed by atoms with Crippen molar-refractivity contribution < 1.29 is 9.59 Å². The number of nitrogens with one attached hydrogen (secondary N) is 1. The molecule has 4 rings (SSSR count). The fourth-order valence-electron chi connectivity index (χ4n) is 4.09. The van der Waals surface area contributed by atoms with Crippen molar-refractivity contribution in [1.29, 1.82) is 0 Å². The Labute approximate surface area is 147 Å². The third-order valence-corrected chi connectivity index (χ3v) is 5.44. The van der Waals surface area contributed by atoms with Crippen LogP contribution in [0.2, 0.25) is 0 Å². The lowest BCUT2D eigenvalue weighted by atomic mass is 9.94. The molecule has 1 saturated carbocycles.